The standard InChI is InChI=1S/C21H13Cl2N3O4/c22-13-5-8-17(16(23)10-13)26-20(28)15(11-24)19(27)12-3-6-14(7-4-12)25-21(29)18-2-1-9-30-18/h1-10,15H,(H,25,29)(H,26,28). The second kappa shape index (κ2) is 9.27. The fourth-order valence-electron chi connectivity index (χ4n) is 2.52. The highest BCUT2D eigenvalue weighted by molar-refractivity contribution is 6.36. The molecule has 2 N–H and O–H groups in total. The second-order valence-corrected chi connectivity index (χ2v) is 6.89. The van der Waals surface area contributed by atoms with Gasteiger partial charge >= 0.3 is 0 Å². The zero-order valence-electron chi connectivity index (χ0n) is 15.2. The van der Waals surface area contributed by atoms with Crippen LogP contribution < -0.4 is 10.6 Å². The SMILES string of the molecule is N#CC(C(=O)Nc1ccc(Cl)cc1Cl)C(=O)c1ccc(NC(=O)c2ccco2)cc1. The van der Waals surface area contributed by atoms with Crippen LogP contribution in [0.3, 0.4) is 0 Å². The molecule has 0 aliphatic carbocycles. The largest absolute Gasteiger partial charge is 0.459 e. The van der Waals surface area contributed by atoms with Crippen molar-refractivity contribution < 1.29 is 18.8 Å². The number of halogens is 2. The van der Waals surface area contributed by atoms with Gasteiger partial charge in [0.25, 0.3) is 5.91 Å². The number of nitrogens with zero attached hydrogens (tertiary/aromatic N) is 1. The normalized spacial score (nSPS) is 11.2. The van der Waals surface area contributed by atoms with Crippen LogP contribution in [-0.2, 0) is 4.79 Å². The second-order valence-electron chi connectivity index (χ2n) is 6.05. The first-order valence-electron chi connectivity index (χ1n) is 8.53. The lowest BCUT2D eigenvalue weighted by atomic mass is 9.97. The van der Waals surface area contributed by atoms with Crippen molar-refractivity contribution >= 4 is 52.2 Å². The number of anilines is 2. The van der Waals surface area contributed by atoms with E-state index in [1.807, 2.05) is 0 Å². The van der Waals surface area contributed by atoms with E-state index in [-0.39, 0.29) is 22.0 Å². The Hall–Kier alpha value is -3.60. The minimum atomic E-state index is -1.58. The lowest BCUT2D eigenvalue weighted by Crippen LogP contribution is -2.28. The van der Waals surface area contributed by atoms with Gasteiger partial charge < -0.3 is 15.1 Å². The number of benzene rings is 2. The highest BCUT2D eigenvalue weighted by atomic mass is 35.5. The van der Waals surface area contributed by atoms with Crippen LogP contribution in [0.5, 0.6) is 0 Å². The van der Waals surface area contributed by atoms with E-state index >= 15 is 0 Å². The molecule has 1 aromatic heterocycles. The third-order valence-corrected chi connectivity index (χ3v) is 4.56. The summed E-state index contributed by atoms with van der Waals surface area (Å²) in [5.41, 5.74) is 0.781. The average molecular weight is 442 g/mol. The molecular formula is C21H13Cl2N3O4. The Morgan fingerprint density at radius 1 is 1.00 bits per heavy atom. The zero-order chi connectivity index (χ0) is 21.7. The highest BCUT2D eigenvalue weighted by Crippen LogP contribution is 2.26. The summed E-state index contributed by atoms with van der Waals surface area (Å²) in [4.78, 5) is 37.0. The molecule has 2 aromatic carbocycles. The Balaban J connectivity index is 1.69. The van der Waals surface area contributed by atoms with Gasteiger partial charge in [-0.1, -0.05) is 23.2 Å². The molecule has 3 aromatic rings. The summed E-state index contributed by atoms with van der Waals surface area (Å²) in [5, 5.41) is 15.0. The Labute approximate surface area is 181 Å². The number of rotatable bonds is 6. The number of furan rings is 1. The van der Waals surface area contributed by atoms with Crippen molar-refractivity contribution in [1.82, 2.24) is 0 Å². The lowest BCUT2D eigenvalue weighted by molar-refractivity contribution is -0.117. The van der Waals surface area contributed by atoms with Gasteiger partial charge in [0, 0.05) is 16.3 Å². The van der Waals surface area contributed by atoms with Crippen LogP contribution in [0.25, 0.3) is 0 Å². The molecule has 1 unspecified atom stereocenters. The van der Waals surface area contributed by atoms with Crippen molar-refractivity contribution in [3.8, 4) is 6.07 Å². The molecule has 0 spiro atoms. The van der Waals surface area contributed by atoms with E-state index in [0.717, 1.165) is 0 Å². The highest BCUT2D eigenvalue weighted by Gasteiger charge is 2.28. The van der Waals surface area contributed by atoms with Crippen molar-refractivity contribution in [2.45, 2.75) is 0 Å². The number of ketones is 1. The van der Waals surface area contributed by atoms with Gasteiger partial charge in [-0.2, -0.15) is 5.26 Å². The van der Waals surface area contributed by atoms with E-state index in [1.165, 1.54) is 54.8 Å². The smallest absolute Gasteiger partial charge is 0.291 e. The average Bonchev–Trinajstić information content (AvgIpc) is 3.26. The number of hydrogen-bond acceptors (Lipinski definition) is 5. The molecule has 1 atom stereocenters. The molecule has 0 saturated carbocycles. The maximum Gasteiger partial charge on any atom is 0.291 e. The minimum Gasteiger partial charge on any atom is -0.459 e. The summed E-state index contributed by atoms with van der Waals surface area (Å²) in [7, 11) is 0. The van der Waals surface area contributed by atoms with E-state index in [9.17, 15) is 19.6 Å². The van der Waals surface area contributed by atoms with Gasteiger partial charge in [0.2, 0.25) is 5.91 Å². The van der Waals surface area contributed by atoms with E-state index in [2.05, 4.69) is 10.6 Å². The van der Waals surface area contributed by atoms with Gasteiger partial charge in [-0.25, -0.2) is 0 Å². The first kappa shape index (κ1) is 21.1. The van der Waals surface area contributed by atoms with E-state index < -0.39 is 23.5 Å². The lowest BCUT2D eigenvalue weighted by Gasteiger charge is -2.11. The Morgan fingerprint density at radius 3 is 2.33 bits per heavy atom. The predicted octanol–water partition coefficient (Wildman–Crippen LogP) is 4.80. The van der Waals surface area contributed by atoms with Gasteiger partial charge in [-0.3, -0.25) is 14.4 Å². The van der Waals surface area contributed by atoms with Crippen molar-refractivity contribution in [1.29, 1.82) is 5.26 Å². The summed E-state index contributed by atoms with van der Waals surface area (Å²) in [6, 6.07) is 15.0. The third kappa shape index (κ3) is 4.87. The molecule has 0 aliphatic heterocycles. The number of nitriles is 1. The fraction of sp³-hybridized carbons (Fsp3) is 0.0476. The van der Waals surface area contributed by atoms with Crippen molar-refractivity contribution in [2.75, 3.05) is 10.6 Å². The molecule has 0 aliphatic rings. The van der Waals surface area contributed by atoms with Gasteiger partial charge in [0.1, 0.15) is 0 Å². The molecule has 0 saturated heterocycles. The Kier molecular flexibility index (Phi) is 6.52. The number of nitrogens with one attached hydrogen (secondary N) is 2. The fourth-order valence-corrected chi connectivity index (χ4v) is 2.97. The number of carbonyl (C=O) groups excluding carboxylic acids is 3. The first-order valence-corrected chi connectivity index (χ1v) is 9.29. The van der Waals surface area contributed by atoms with Crippen LogP contribution in [0.4, 0.5) is 11.4 Å². The molecule has 1 heterocycles. The first-order chi connectivity index (χ1) is 14.4. The summed E-state index contributed by atoms with van der Waals surface area (Å²) < 4.78 is 5.00. The number of hydrogen-bond donors (Lipinski definition) is 2. The van der Waals surface area contributed by atoms with Crippen molar-refractivity contribution in [3.63, 3.8) is 0 Å². The van der Waals surface area contributed by atoms with Crippen LogP contribution in [0.2, 0.25) is 10.0 Å². The monoisotopic (exact) mass is 441 g/mol. The maximum absolute atomic E-state index is 12.6. The molecule has 7 nitrogen and oxygen atoms in total. The third-order valence-electron chi connectivity index (χ3n) is 4.01. The van der Waals surface area contributed by atoms with Gasteiger partial charge in [-0.05, 0) is 54.6 Å². The summed E-state index contributed by atoms with van der Waals surface area (Å²) in [5.74, 6) is -3.41. The van der Waals surface area contributed by atoms with E-state index in [4.69, 9.17) is 27.6 Å². The molecule has 9 heteroatoms. The Morgan fingerprint density at radius 2 is 1.73 bits per heavy atom. The predicted molar refractivity (Wildman–Crippen MR) is 112 cm³/mol. The van der Waals surface area contributed by atoms with Crippen LogP contribution in [0.15, 0.2) is 65.3 Å². The molecular weight excluding hydrogens is 429 g/mol. The molecule has 3 rings (SSSR count). The minimum absolute atomic E-state index is 0.134. The van der Waals surface area contributed by atoms with Crippen LogP contribution >= 0.6 is 23.2 Å². The van der Waals surface area contributed by atoms with Crippen molar-refractivity contribution in [3.05, 3.63) is 82.2 Å². The maximum atomic E-state index is 12.6. The number of carbonyl (C=O) groups is 3. The summed E-state index contributed by atoms with van der Waals surface area (Å²) in [6.45, 7) is 0. The van der Waals surface area contributed by atoms with Crippen molar-refractivity contribution in [2.24, 2.45) is 5.92 Å². The van der Waals surface area contributed by atoms with E-state index in [1.54, 1.807) is 12.1 Å². The van der Waals surface area contributed by atoms with Gasteiger partial charge in [0.15, 0.2) is 17.5 Å². The topological polar surface area (TPSA) is 112 Å². The Bertz CT molecular complexity index is 1140. The molecule has 30 heavy (non-hydrogen) atoms. The molecule has 150 valence electrons. The number of Topliss-reactive ketones (excluding diaryl/α,β-unsaturated/α-hetero) is 1. The quantitative estimate of drug-likeness (QED) is 0.421. The summed E-state index contributed by atoms with van der Waals surface area (Å²) in [6.07, 6.45) is 1.38. The van der Waals surface area contributed by atoms with E-state index in [0.29, 0.717) is 10.7 Å². The zero-order valence-corrected chi connectivity index (χ0v) is 16.7. The number of amides is 2. The van der Waals surface area contributed by atoms with Crippen LogP contribution in [0.1, 0.15) is 20.9 Å². The molecule has 0 fully saturated rings. The van der Waals surface area contributed by atoms with Crippen LogP contribution in [0, 0.1) is 17.2 Å². The molecule has 0 bridgehead atoms. The van der Waals surface area contributed by atoms with Gasteiger partial charge in [0.05, 0.1) is 23.0 Å². The molecule has 0 radical (unpaired) electrons. The summed E-state index contributed by atoms with van der Waals surface area (Å²) >= 11 is 11.8. The van der Waals surface area contributed by atoms with Gasteiger partial charge in [-0.15, -0.1) is 0 Å². The van der Waals surface area contributed by atoms with Crippen LogP contribution in [-0.4, -0.2) is 17.6 Å². The molecule has 2 amide bonds.